The summed E-state index contributed by atoms with van der Waals surface area (Å²) in [6.07, 6.45) is 1.67. The number of hydrogen-bond donors (Lipinski definition) is 1. The molecule has 21 heavy (non-hydrogen) atoms. The van der Waals surface area contributed by atoms with Crippen molar-refractivity contribution in [3.8, 4) is 11.4 Å². The number of benzene rings is 1. The average molecular weight is 348 g/mol. The minimum Gasteiger partial charge on any atom is -0.457 e. The first kappa shape index (κ1) is 14.4. The van der Waals surface area contributed by atoms with Crippen molar-refractivity contribution in [2.75, 3.05) is 0 Å². The zero-order chi connectivity index (χ0) is 15.0. The molecule has 0 saturated heterocycles. The van der Waals surface area contributed by atoms with Gasteiger partial charge in [-0.05, 0) is 45.6 Å². The van der Waals surface area contributed by atoms with Crippen molar-refractivity contribution in [1.82, 2.24) is 9.55 Å². The molecule has 0 aliphatic heterocycles. The van der Waals surface area contributed by atoms with Crippen molar-refractivity contribution in [1.29, 1.82) is 0 Å². The summed E-state index contributed by atoms with van der Waals surface area (Å²) in [5, 5.41) is 0. The Morgan fingerprint density at radius 2 is 2.14 bits per heavy atom. The highest BCUT2D eigenvalue weighted by atomic mass is 79.9. The maximum absolute atomic E-state index is 5.73. The summed E-state index contributed by atoms with van der Waals surface area (Å²) in [5.74, 6) is 1.45. The predicted molar refractivity (Wildman–Crippen MR) is 87.9 cm³/mol. The van der Waals surface area contributed by atoms with Crippen LogP contribution >= 0.6 is 15.9 Å². The summed E-state index contributed by atoms with van der Waals surface area (Å²) in [5.41, 5.74) is 9.90. The van der Waals surface area contributed by atoms with Gasteiger partial charge in [0.2, 0.25) is 0 Å². The van der Waals surface area contributed by atoms with E-state index in [1.54, 1.807) is 6.26 Å². The molecule has 0 unspecified atom stereocenters. The summed E-state index contributed by atoms with van der Waals surface area (Å²) in [4.78, 5) is 4.80. The Bertz CT molecular complexity index is 773. The Kier molecular flexibility index (Phi) is 3.87. The second kappa shape index (κ2) is 5.66. The molecule has 0 amide bonds. The molecule has 3 rings (SSSR count). The zero-order valence-electron chi connectivity index (χ0n) is 12.1. The van der Waals surface area contributed by atoms with Crippen LogP contribution in [0.25, 0.3) is 22.4 Å². The molecule has 5 heteroatoms. The first-order valence-electron chi connectivity index (χ1n) is 7.02. The summed E-state index contributed by atoms with van der Waals surface area (Å²) in [6, 6.07) is 8.16. The Balaban J connectivity index is 2.24. The molecule has 4 nitrogen and oxygen atoms in total. The molecule has 0 bridgehead atoms. The van der Waals surface area contributed by atoms with Crippen molar-refractivity contribution in [2.45, 2.75) is 26.9 Å². The molecule has 0 fully saturated rings. The third-order valence-corrected chi connectivity index (χ3v) is 4.07. The van der Waals surface area contributed by atoms with E-state index in [0.29, 0.717) is 17.1 Å². The van der Waals surface area contributed by atoms with E-state index in [-0.39, 0.29) is 0 Å². The topological polar surface area (TPSA) is 57.0 Å². The Morgan fingerprint density at radius 3 is 2.76 bits per heavy atom. The van der Waals surface area contributed by atoms with E-state index in [0.717, 1.165) is 34.5 Å². The fourth-order valence-electron chi connectivity index (χ4n) is 2.51. The first-order valence-corrected chi connectivity index (χ1v) is 7.82. The normalized spacial score (nSPS) is 11.7. The summed E-state index contributed by atoms with van der Waals surface area (Å²) in [7, 11) is 0. The number of furan rings is 1. The molecule has 2 N–H and O–H groups in total. The lowest BCUT2D eigenvalue weighted by atomic mass is 10.2. The van der Waals surface area contributed by atoms with Crippen LogP contribution in [0.15, 0.2) is 39.6 Å². The molecule has 0 atom stereocenters. The van der Waals surface area contributed by atoms with Gasteiger partial charge in [-0.2, -0.15) is 0 Å². The third kappa shape index (κ3) is 2.63. The Labute approximate surface area is 132 Å². The van der Waals surface area contributed by atoms with Crippen LogP contribution in [-0.2, 0) is 13.1 Å². The summed E-state index contributed by atoms with van der Waals surface area (Å²) < 4.78 is 8.32. The molecular weight excluding hydrogens is 330 g/mol. The molecule has 0 aliphatic rings. The lowest BCUT2D eigenvalue weighted by Gasteiger charge is -2.11. The van der Waals surface area contributed by atoms with Gasteiger partial charge in [-0.3, -0.25) is 0 Å². The second-order valence-corrected chi connectivity index (χ2v) is 6.30. The Hall–Kier alpha value is -1.59. The smallest absolute Gasteiger partial charge is 0.179 e. The van der Waals surface area contributed by atoms with E-state index >= 15 is 0 Å². The molecule has 2 aromatic heterocycles. The van der Waals surface area contributed by atoms with E-state index in [1.165, 1.54) is 0 Å². The van der Waals surface area contributed by atoms with Gasteiger partial charge in [0.25, 0.3) is 0 Å². The van der Waals surface area contributed by atoms with Gasteiger partial charge in [-0.25, -0.2) is 4.98 Å². The number of imidazole rings is 1. The van der Waals surface area contributed by atoms with Gasteiger partial charge < -0.3 is 14.7 Å². The van der Waals surface area contributed by atoms with Gasteiger partial charge in [0.15, 0.2) is 4.67 Å². The lowest BCUT2D eigenvalue weighted by molar-refractivity contribution is 0.531. The quantitative estimate of drug-likeness (QED) is 0.770. The predicted octanol–water partition coefficient (Wildman–Crippen LogP) is 4.17. The van der Waals surface area contributed by atoms with Crippen molar-refractivity contribution in [2.24, 2.45) is 11.7 Å². The second-order valence-electron chi connectivity index (χ2n) is 5.58. The van der Waals surface area contributed by atoms with Crippen LogP contribution in [0.5, 0.6) is 0 Å². The lowest BCUT2D eigenvalue weighted by Crippen LogP contribution is -2.06. The minimum atomic E-state index is 0.526. The van der Waals surface area contributed by atoms with Crippen molar-refractivity contribution < 1.29 is 4.42 Å². The fourth-order valence-corrected chi connectivity index (χ4v) is 2.93. The zero-order valence-corrected chi connectivity index (χ0v) is 13.7. The van der Waals surface area contributed by atoms with Crippen molar-refractivity contribution in [3.63, 3.8) is 0 Å². The van der Waals surface area contributed by atoms with Crippen LogP contribution in [-0.4, -0.2) is 9.55 Å². The van der Waals surface area contributed by atoms with Crippen molar-refractivity contribution in [3.05, 3.63) is 40.8 Å². The monoisotopic (exact) mass is 347 g/mol. The van der Waals surface area contributed by atoms with Gasteiger partial charge >= 0.3 is 0 Å². The number of rotatable bonds is 4. The molecule has 2 heterocycles. The first-order chi connectivity index (χ1) is 10.1. The highest BCUT2D eigenvalue weighted by Crippen LogP contribution is 2.32. The van der Waals surface area contributed by atoms with E-state index in [2.05, 4.69) is 52.5 Å². The number of nitrogens with two attached hydrogens (primary N) is 1. The molecule has 0 radical (unpaired) electrons. The summed E-state index contributed by atoms with van der Waals surface area (Å²) in [6.45, 7) is 5.84. The highest BCUT2D eigenvalue weighted by Gasteiger charge is 2.17. The van der Waals surface area contributed by atoms with Crippen LogP contribution in [0.4, 0.5) is 0 Å². The Morgan fingerprint density at radius 1 is 1.33 bits per heavy atom. The molecule has 1 aromatic carbocycles. The maximum atomic E-state index is 5.73. The van der Waals surface area contributed by atoms with E-state index in [4.69, 9.17) is 15.1 Å². The van der Waals surface area contributed by atoms with Crippen LogP contribution in [0, 0.1) is 5.92 Å². The molecule has 3 aromatic rings. The van der Waals surface area contributed by atoms with Crippen LogP contribution < -0.4 is 5.73 Å². The number of nitrogens with zero attached hydrogens (tertiary/aromatic N) is 2. The maximum Gasteiger partial charge on any atom is 0.179 e. The highest BCUT2D eigenvalue weighted by molar-refractivity contribution is 9.10. The number of halogens is 1. The van der Waals surface area contributed by atoms with Gasteiger partial charge in [0, 0.05) is 13.1 Å². The largest absolute Gasteiger partial charge is 0.457 e. The number of aromatic nitrogens is 2. The van der Waals surface area contributed by atoms with Crippen LogP contribution in [0.3, 0.4) is 0 Å². The van der Waals surface area contributed by atoms with Crippen LogP contribution in [0.1, 0.15) is 19.4 Å². The number of hydrogen-bond acceptors (Lipinski definition) is 3. The molecule has 0 spiro atoms. The van der Waals surface area contributed by atoms with Gasteiger partial charge in [-0.1, -0.05) is 19.9 Å². The van der Waals surface area contributed by atoms with E-state index < -0.39 is 0 Å². The molecular formula is C16H18BrN3O. The van der Waals surface area contributed by atoms with E-state index in [9.17, 15) is 0 Å². The van der Waals surface area contributed by atoms with Crippen LogP contribution in [0.2, 0.25) is 0 Å². The van der Waals surface area contributed by atoms with Crippen molar-refractivity contribution >= 4 is 27.0 Å². The number of fused-ring (bicyclic) bond motifs is 1. The average Bonchev–Trinajstić information content (AvgIpc) is 3.02. The fraction of sp³-hybridized carbons (Fsp3) is 0.312. The minimum absolute atomic E-state index is 0.526. The standard InChI is InChI=1S/C16H18BrN3O/c1-10(2)9-20-14-4-3-11(8-18)7-13(14)19-16(20)12-5-6-21-15(12)17/h3-7,10H,8-9,18H2,1-2H3. The molecule has 0 saturated carbocycles. The summed E-state index contributed by atoms with van der Waals surface area (Å²) >= 11 is 3.45. The SMILES string of the molecule is CC(C)Cn1c(-c2ccoc2Br)nc2cc(CN)ccc21. The van der Waals surface area contributed by atoms with Gasteiger partial charge in [0.1, 0.15) is 5.82 Å². The van der Waals surface area contributed by atoms with Gasteiger partial charge in [0.05, 0.1) is 22.9 Å². The van der Waals surface area contributed by atoms with Gasteiger partial charge in [-0.15, -0.1) is 0 Å². The molecule has 110 valence electrons. The third-order valence-electron chi connectivity index (χ3n) is 3.45. The molecule has 0 aliphatic carbocycles. The van der Waals surface area contributed by atoms with E-state index in [1.807, 2.05) is 6.07 Å².